The fraction of sp³-hybridized carbons (Fsp3) is 0.750. The second-order valence-corrected chi connectivity index (χ2v) is 3.18. The Bertz CT molecular complexity index is 218. The first kappa shape index (κ1) is 7.73. The minimum Gasteiger partial charge on any atom is -0.343 e. The Labute approximate surface area is 71.4 Å². The Morgan fingerprint density at radius 1 is 1.58 bits per heavy atom. The van der Waals surface area contributed by atoms with Crippen LogP contribution in [0.1, 0.15) is 25.1 Å². The van der Waals surface area contributed by atoms with Gasteiger partial charge in [0, 0.05) is 19.0 Å². The van der Waals surface area contributed by atoms with Crippen molar-refractivity contribution in [1.82, 2.24) is 15.5 Å². The van der Waals surface area contributed by atoms with Gasteiger partial charge in [-0.05, 0) is 12.8 Å². The maximum absolute atomic E-state index is 4.62. The van der Waals surface area contributed by atoms with Crippen LogP contribution in [-0.2, 0) is 6.42 Å². The molecular weight excluding hydrogens is 154 g/mol. The second kappa shape index (κ2) is 3.67. The monoisotopic (exact) mass is 167 g/mol. The molecule has 1 saturated carbocycles. The molecular formula is C8H13N3O. The van der Waals surface area contributed by atoms with Crippen LogP contribution in [0.25, 0.3) is 0 Å². The molecule has 0 aromatic carbocycles. The number of hydrogen-bond acceptors (Lipinski definition) is 4. The summed E-state index contributed by atoms with van der Waals surface area (Å²) in [5, 5.41) is 7.17. The van der Waals surface area contributed by atoms with Crippen LogP contribution >= 0.6 is 0 Å². The third-order valence-corrected chi connectivity index (χ3v) is 2.29. The van der Waals surface area contributed by atoms with Crippen LogP contribution in [0.4, 0.5) is 0 Å². The van der Waals surface area contributed by atoms with Crippen molar-refractivity contribution in [3.63, 3.8) is 0 Å². The highest BCUT2D eigenvalue weighted by molar-refractivity contribution is 4.82. The summed E-state index contributed by atoms with van der Waals surface area (Å²) < 4.78 is 4.62. The van der Waals surface area contributed by atoms with Crippen LogP contribution in [0.15, 0.2) is 10.9 Å². The van der Waals surface area contributed by atoms with E-state index in [0.29, 0.717) is 0 Å². The molecule has 0 unspecified atom stereocenters. The summed E-state index contributed by atoms with van der Waals surface area (Å²) in [5.41, 5.74) is 0. The highest BCUT2D eigenvalue weighted by Crippen LogP contribution is 2.17. The molecule has 1 aliphatic rings. The molecule has 1 aromatic rings. The normalized spacial score (nSPS) is 17.7. The van der Waals surface area contributed by atoms with Crippen LogP contribution < -0.4 is 5.32 Å². The molecule has 1 aliphatic carbocycles. The number of nitrogens with zero attached hydrogens (tertiary/aromatic N) is 2. The zero-order chi connectivity index (χ0) is 8.23. The summed E-state index contributed by atoms with van der Waals surface area (Å²) in [5.74, 6) is 0.793. The molecule has 0 atom stereocenters. The van der Waals surface area contributed by atoms with Gasteiger partial charge >= 0.3 is 0 Å². The maximum atomic E-state index is 4.62. The summed E-state index contributed by atoms with van der Waals surface area (Å²) in [4.78, 5) is 3.94. The fourth-order valence-electron chi connectivity index (χ4n) is 1.30. The molecule has 0 saturated heterocycles. The molecule has 0 bridgehead atoms. The molecule has 66 valence electrons. The van der Waals surface area contributed by atoms with E-state index in [1.165, 1.54) is 25.7 Å². The van der Waals surface area contributed by atoms with Crippen LogP contribution in [0, 0.1) is 0 Å². The molecule has 4 nitrogen and oxygen atoms in total. The van der Waals surface area contributed by atoms with Crippen LogP contribution in [0.5, 0.6) is 0 Å². The summed E-state index contributed by atoms with van der Waals surface area (Å²) in [6.45, 7) is 0.962. The largest absolute Gasteiger partial charge is 0.343 e. The lowest BCUT2D eigenvalue weighted by Crippen LogP contribution is -2.36. The number of hydrogen-bond donors (Lipinski definition) is 1. The fourth-order valence-corrected chi connectivity index (χ4v) is 1.30. The van der Waals surface area contributed by atoms with Crippen LogP contribution in [-0.4, -0.2) is 22.7 Å². The minimum absolute atomic E-state index is 0.747. The summed E-state index contributed by atoms with van der Waals surface area (Å²) in [6, 6.07) is 0.747. The maximum Gasteiger partial charge on any atom is 0.213 e. The number of nitrogens with one attached hydrogen (secondary N) is 1. The smallest absolute Gasteiger partial charge is 0.213 e. The van der Waals surface area contributed by atoms with Crippen molar-refractivity contribution < 1.29 is 4.52 Å². The molecule has 1 fully saturated rings. The zero-order valence-corrected chi connectivity index (χ0v) is 6.99. The first-order valence-electron chi connectivity index (χ1n) is 4.44. The SMILES string of the molecule is c1nc(CCNC2CCC2)no1. The lowest BCUT2D eigenvalue weighted by molar-refractivity contribution is 0.339. The topological polar surface area (TPSA) is 51.0 Å². The molecule has 0 radical (unpaired) electrons. The van der Waals surface area contributed by atoms with E-state index in [2.05, 4.69) is 20.0 Å². The van der Waals surface area contributed by atoms with E-state index in [0.717, 1.165) is 24.8 Å². The predicted molar refractivity (Wildman–Crippen MR) is 43.6 cm³/mol. The highest BCUT2D eigenvalue weighted by atomic mass is 16.5. The molecule has 0 aliphatic heterocycles. The third kappa shape index (κ3) is 1.82. The lowest BCUT2D eigenvalue weighted by Gasteiger charge is -2.26. The van der Waals surface area contributed by atoms with Gasteiger partial charge in [0.2, 0.25) is 6.39 Å². The van der Waals surface area contributed by atoms with Crippen molar-refractivity contribution in [2.24, 2.45) is 0 Å². The van der Waals surface area contributed by atoms with Crippen molar-refractivity contribution in [3.8, 4) is 0 Å². The average molecular weight is 167 g/mol. The van der Waals surface area contributed by atoms with E-state index < -0.39 is 0 Å². The Morgan fingerprint density at radius 3 is 3.08 bits per heavy atom. The van der Waals surface area contributed by atoms with E-state index in [1.54, 1.807) is 0 Å². The van der Waals surface area contributed by atoms with E-state index in [4.69, 9.17) is 0 Å². The van der Waals surface area contributed by atoms with Gasteiger partial charge in [0.15, 0.2) is 5.82 Å². The van der Waals surface area contributed by atoms with Crippen LogP contribution in [0.2, 0.25) is 0 Å². The quantitative estimate of drug-likeness (QED) is 0.719. The first-order valence-corrected chi connectivity index (χ1v) is 4.44. The first-order chi connectivity index (χ1) is 5.95. The molecule has 1 heterocycles. The lowest BCUT2D eigenvalue weighted by atomic mass is 9.93. The van der Waals surface area contributed by atoms with E-state index >= 15 is 0 Å². The predicted octanol–water partition coefficient (Wildman–Crippen LogP) is 0.754. The van der Waals surface area contributed by atoms with E-state index in [9.17, 15) is 0 Å². The van der Waals surface area contributed by atoms with Gasteiger partial charge in [-0.2, -0.15) is 4.98 Å². The molecule has 4 heteroatoms. The van der Waals surface area contributed by atoms with Crippen molar-refractivity contribution in [2.45, 2.75) is 31.7 Å². The standard InChI is InChI=1S/C8H13N3O/c1-2-7(3-1)9-5-4-8-10-6-12-11-8/h6-7,9H,1-5H2. The molecule has 0 amide bonds. The van der Waals surface area contributed by atoms with Gasteiger partial charge in [-0.1, -0.05) is 11.6 Å². The molecule has 0 spiro atoms. The zero-order valence-electron chi connectivity index (χ0n) is 6.99. The number of rotatable bonds is 4. The molecule has 1 aromatic heterocycles. The Morgan fingerprint density at radius 2 is 2.50 bits per heavy atom. The van der Waals surface area contributed by atoms with Crippen LogP contribution in [0.3, 0.4) is 0 Å². The van der Waals surface area contributed by atoms with Gasteiger partial charge in [-0.3, -0.25) is 0 Å². The number of aromatic nitrogens is 2. The van der Waals surface area contributed by atoms with Crippen molar-refractivity contribution in [3.05, 3.63) is 12.2 Å². The van der Waals surface area contributed by atoms with Gasteiger partial charge in [-0.25, -0.2) is 0 Å². The molecule has 2 rings (SSSR count). The average Bonchev–Trinajstić information content (AvgIpc) is 2.46. The second-order valence-electron chi connectivity index (χ2n) is 3.18. The minimum atomic E-state index is 0.747. The molecule has 1 N–H and O–H groups in total. The van der Waals surface area contributed by atoms with Crippen molar-refractivity contribution in [2.75, 3.05) is 6.54 Å². The Kier molecular flexibility index (Phi) is 2.36. The van der Waals surface area contributed by atoms with E-state index in [1.807, 2.05) is 0 Å². The molecule has 12 heavy (non-hydrogen) atoms. The van der Waals surface area contributed by atoms with Gasteiger partial charge < -0.3 is 9.84 Å². The van der Waals surface area contributed by atoms with Gasteiger partial charge in [0.25, 0.3) is 0 Å². The van der Waals surface area contributed by atoms with Crippen molar-refractivity contribution >= 4 is 0 Å². The summed E-state index contributed by atoms with van der Waals surface area (Å²) in [7, 11) is 0. The Hall–Kier alpha value is -0.900. The Balaban J connectivity index is 1.62. The van der Waals surface area contributed by atoms with Gasteiger partial charge in [-0.15, -0.1) is 0 Å². The van der Waals surface area contributed by atoms with Gasteiger partial charge in [0.05, 0.1) is 0 Å². The van der Waals surface area contributed by atoms with Crippen molar-refractivity contribution in [1.29, 1.82) is 0 Å². The third-order valence-electron chi connectivity index (χ3n) is 2.29. The summed E-state index contributed by atoms with van der Waals surface area (Å²) >= 11 is 0. The van der Waals surface area contributed by atoms with Gasteiger partial charge in [0.1, 0.15) is 0 Å². The highest BCUT2D eigenvalue weighted by Gasteiger charge is 2.15. The van der Waals surface area contributed by atoms with E-state index in [-0.39, 0.29) is 0 Å². The summed E-state index contributed by atoms with van der Waals surface area (Å²) in [6.07, 6.45) is 6.27.